The van der Waals surface area contributed by atoms with Crippen molar-refractivity contribution in [1.29, 1.82) is 5.26 Å². The van der Waals surface area contributed by atoms with E-state index in [-0.39, 0.29) is 0 Å². The fourth-order valence-electron chi connectivity index (χ4n) is 0.318. The molecule has 0 aromatic heterocycles. The van der Waals surface area contributed by atoms with Gasteiger partial charge in [-0.25, -0.2) is 0 Å². The molecule has 0 rings (SSSR count). The summed E-state index contributed by atoms with van der Waals surface area (Å²) in [4.78, 5) is 0. The Bertz CT molecular complexity index is 123. The smallest absolute Gasteiger partial charge is 0.221 e. The molecule has 0 spiro atoms. The first-order valence-corrected chi connectivity index (χ1v) is 2.30. The summed E-state index contributed by atoms with van der Waals surface area (Å²) >= 11 is 0. The van der Waals surface area contributed by atoms with Gasteiger partial charge in [0.05, 0.1) is 12.5 Å². The minimum atomic E-state index is 0.435. The third-order valence-corrected chi connectivity index (χ3v) is 0.688. The lowest BCUT2D eigenvalue weighted by Crippen LogP contribution is -1.96. The Morgan fingerprint density at radius 2 is 2.62 bits per heavy atom. The van der Waals surface area contributed by atoms with Crippen LogP contribution < -0.4 is 5.23 Å². The lowest BCUT2D eigenvalue weighted by Gasteiger charge is -1.89. The van der Waals surface area contributed by atoms with E-state index in [1.165, 1.54) is 0 Å². The Kier molecular flexibility index (Phi) is 3.78. The lowest BCUT2D eigenvalue weighted by atomic mass is 10.2. The minimum Gasteiger partial charge on any atom is -0.443 e. The average molecular weight is 106 g/mol. The van der Waals surface area contributed by atoms with Crippen molar-refractivity contribution < 1.29 is 0 Å². The molecule has 0 amide bonds. The summed E-state index contributed by atoms with van der Waals surface area (Å²) in [5.74, 6) is 0. The Balaban J connectivity index is 3.49. The van der Waals surface area contributed by atoms with Crippen LogP contribution >= 0.6 is 0 Å². The van der Waals surface area contributed by atoms with Gasteiger partial charge in [0.1, 0.15) is 0 Å². The molecule has 0 saturated heterocycles. The van der Waals surface area contributed by atoms with E-state index in [4.69, 9.17) is 13.2 Å². The Morgan fingerprint density at radius 1 is 2.00 bits per heavy atom. The summed E-state index contributed by atoms with van der Waals surface area (Å²) in [6.45, 7) is 1.84. The van der Waals surface area contributed by atoms with Crippen LogP contribution in [0.15, 0.2) is 11.8 Å². The third-order valence-electron chi connectivity index (χ3n) is 0.688. The molecule has 2 radical (unpaired) electrons. The zero-order chi connectivity index (χ0) is 6.41. The fourth-order valence-corrected chi connectivity index (χ4v) is 0.318. The van der Waals surface area contributed by atoms with Crippen LogP contribution in [-0.4, -0.2) is 7.98 Å². The molecule has 3 heteroatoms. The van der Waals surface area contributed by atoms with Gasteiger partial charge in [-0.2, -0.15) is 5.26 Å². The van der Waals surface area contributed by atoms with E-state index in [0.29, 0.717) is 6.42 Å². The Hall–Kier alpha value is -0.905. The van der Waals surface area contributed by atoms with Crippen LogP contribution in [-0.2, 0) is 0 Å². The van der Waals surface area contributed by atoms with Crippen LogP contribution in [0.1, 0.15) is 13.3 Å². The highest BCUT2D eigenvalue weighted by Crippen LogP contribution is 1.93. The molecule has 0 aliphatic heterocycles. The SMILES string of the molecule is [B]N/C=C(/C)CC#N. The molecule has 2 nitrogen and oxygen atoms in total. The van der Waals surface area contributed by atoms with Crippen molar-refractivity contribution in [3.05, 3.63) is 11.8 Å². The van der Waals surface area contributed by atoms with E-state index in [0.717, 1.165) is 5.57 Å². The summed E-state index contributed by atoms with van der Waals surface area (Å²) < 4.78 is 0. The third kappa shape index (κ3) is 3.29. The van der Waals surface area contributed by atoms with E-state index in [1.807, 2.05) is 13.0 Å². The van der Waals surface area contributed by atoms with Crippen LogP contribution in [0.3, 0.4) is 0 Å². The van der Waals surface area contributed by atoms with Crippen LogP contribution in [0.5, 0.6) is 0 Å². The summed E-state index contributed by atoms with van der Waals surface area (Å²) in [6, 6.07) is 1.99. The first-order chi connectivity index (χ1) is 3.81. The summed E-state index contributed by atoms with van der Waals surface area (Å²) in [6.07, 6.45) is 2.04. The molecule has 8 heavy (non-hydrogen) atoms. The maximum atomic E-state index is 8.10. The van der Waals surface area contributed by atoms with Gasteiger partial charge in [0.15, 0.2) is 0 Å². The number of nitrogens with zero attached hydrogens (tertiary/aromatic N) is 1. The predicted molar refractivity (Wildman–Crippen MR) is 32.9 cm³/mol. The predicted octanol–water partition coefficient (Wildman–Crippen LogP) is 0.477. The normalized spacial score (nSPS) is 10.2. The second-order valence-corrected chi connectivity index (χ2v) is 1.49. The van der Waals surface area contributed by atoms with Crippen LogP contribution in [0.2, 0.25) is 0 Å². The number of allylic oxidation sites excluding steroid dienone is 1. The molecule has 0 aromatic carbocycles. The fraction of sp³-hybridized carbons (Fsp3) is 0.400. The molecule has 1 N–H and O–H groups in total. The molecule has 0 heterocycles. The van der Waals surface area contributed by atoms with Crippen LogP contribution in [0, 0.1) is 11.3 Å². The van der Waals surface area contributed by atoms with E-state index in [9.17, 15) is 0 Å². The van der Waals surface area contributed by atoms with Gasteiger partial charge in [-0.1, -0.05) is 0 Å². The molecule has 0 saturated carbocycles. The first kappa shape index (κ1) is 7.09. The van der Waals surface area contributed by atoms with Gasteiger partial charge in [-0.05, 0) is 18.7 Å². The number of hydrogen-bond acceptors (Lipinski definition) is 2. The van der Waals surface area contributed by atoms with Crippen molar-refractivity contribution in [3.63, 3.8) is 0 Å². The Labute approximate surface area is 50.6 Å². The summed E-state index contributed by atoms with van der Waals surface area (Å²) in [7, 11) is 4.92. The van der Waals surface area contributed by atoms with Crippen molar-refractivity contribution in [1.82, 2.24) is 5.23 Å². The zero-order valence-electron chi connectivity index (χ0n) is 4.81. The van der Waals surface area contributed by atoms with Crippen molar-refractivity contribution >= 4 is 7.98 Å². The number of rotatable bonds is 2. The quantitative estimate of drug-likeness (QED) is 0.519. The van der Waals surface area contributed by atoms with Gasteiger partial charge in [0, 0.05) is 0 Å². The number of nitrogens with one attached hydrogen (secondary N) is 1. The van der Waals surface area contributed by atoms with E-state index in [1.54, 1.807) is 6.20 Å². The van der Waals surface area contributed by atoms with Crippen LogP contribution in [0.25, 0.3) is 0 Å². The van der Waals surface area contributed by atoms with Gasteiger partial charge in [0.25, 0.3) is 0 Å². The van der Waals surface area contributed by atoms with Crippen molar-refractivity contribution in [3.8, 4) is 6.07 Å². The maximum Gasteiger partial charge on any atom is 0.221 e. The van der Waals surface area contributed by atoms with Crippen LogP contribution in [0.4, 0.5) is 0 Å². The summed E-state index contributed by atoms with van der Waals surface area (Å²) in [5, 5.41) is 10.4. The zero-order valence-corrected chi connectivity index (χ0v) is 4.81. The van der Waals surface area contributed by atoms with E-state index < -0.39 is 0 Å². The van der Waals surface area contributed by atoms with Crippen molar-refractivity contribution in [2.24, 2.45) is 0 Å². The standard InChI is InChI=1S/C5H7BN2/c1-5(2-3-7)4-8-6/h4,8H,2H2,1H3/b5-4-. The minimum absolute atomic E-state index is 0.435. The van der Waals surface area contributed by atoms with Gasteiger partial charge >= 0.3 is 0 Å². The molecule has 0 bridgehead atoms. The second kappa shape index (κ2) is 4.26. The number of hydrogen-bond donors (Lipinski definition) is 1. The molecule has 0 aliphatic carbocycles. The molecule has 40 valence electrons. The molecule has 0 fully saturated rings. The van der Waals surface area contributed by atoms with Gasteiger partial charge in [-0.15, -0.1) is 0 Å². The molecular weight excluding hydrogens is 98.9 g/mol. The molecule has 0 aliphatic rings. The number of nitriles is 1. The second-order valence-electron chi connectivity index (χ2n) is 1.49. The van der Waals surface area contributed by atoms with Gasteiger partial charge < -0.3 is 5.23 Å². The van der Waals surface area contributed by atoms with E-state index in [2.05, 4.69) is 5.23 Å². The van der Waals surface area contributed by atoms with Gasteiger partial charge in [0.2, 0.25) is 7.98 Å². The molecular formula is C5H7BN2. The molecule has 0 atom stereocenters. The van der Waals surface area contributed by atoms with Gasteiger partial charge in [-0.3, -0.25) is 0 Å². The summed E-state index contributed by atoms with van der Waals surface area (Å²) in [5.41, 5.74) is 0.940. The highest BCUT2D eigenvalue weighted by Gasteiger charge is 1.81. The highest BCUT2D eigenvalue weighted by atomic mass is 14.7. The molecule has 0 unspecified atom stereocenters. The monoisotopic (exact) mass is 106 g/mol. The van der Waals surface area contributed by atoms with Crippen molar-refractivity contribution in [2.45, 2.75) is 13.3 Å². The Morgan fingerprint density at radius 3 is 3.00 bits per heavy atom. The molecule has 0 aromatic rings. The van der Waals surface area contributed by atoms with E-state index >= 15 is 0 Å². The first-order valence-electron chi connectivity index (χ1n) is 2.30. The highest BCUT2D eigenvalue weighted by molar-refractivity contribution is 6.05. The van der Waals surface area contributed by atoms with Crippen molar-refractivity contribution in [2.75, 3.05) is 0 Å². The maximum absolute atomic E-state index is 8.10. The largest absolute Gasteiger partial charge is 0.443 e. The average Bonchev–Trinajstić information content (AvgIpc) is 1.68. The topological polar surface area (TPSA) is 35.8 Å². The lowest BCUT2D eigenvalue weighted by molar-refractivity contribution is 1.16.